The predicted molar refractivity (Wildman–Crippen MR) is 67.7 cm³/mol. The number of hydrogen-bond donors (Lipinski definition) is 1. The van der Waals surface area contributed by atoms with Gasteiger partial charge in [-0.05, 0) is 56.5 Å². The van der Waals surface area contributed by atoms with Crippen LogP contribution in [0.1, 0.15) is 18.4 Å². The Labute approximate surface area is 102 Å². The molecule has 3 aliphatic rings. The summed E-state index contributed by atoms with van der Waals surface area (Å²) in [5.41, 5.74) is 1.64. The summed E-state index contributed by atoms with van der Waals surface area (Å²) in [4.78, 5) is 2.48. The van der Waals surface area contributed by atoms with Crippen LogP contribution in [0.5, 0.6) is 0 Å². The van der Waals surface area contributed by atoms with Crippen LogP contribution in [0.15, 0.2) is 18.2 Å². The van der Waals surface area contributed by atoms with Crippen LogP contribution in [0.2, 0.25) is 0 Å². The van der Waals surface area contributed by atoms with E-state index in [-0.39, 0.29) is 5.82 Å². The van der Waals surface area contributed by atoms with E-state index in [2.05, 4.69) is 10.2 Å². The van der Waals surface area contributed by atoms with Crippen LogP contribution in [0, 0.1) is 18.7 Å². The maximum Gasteiger partial charge on any atom is 0.146 e. The molecule has 3 aliphatic heterocycles. The quantitative estimate of drug-likeness (QED) is 0.846. The summed E-state index contributed by atoms with van der Waals surface area (Å²) >= 11 is 0. The number of halogens is 1. The van der Waals surface area contributed by atoms with E-state index in [9.17, 15) is 4.39 Å². The van der Waals surface area contributed by atoms with Crippen molar-refractivity contribution in [2.24, 2.45) is 5.92 Å². The fourth-order valence-corrected chi connectivity index (χ4v) is 3.07. The number of rotatable bonds is 2. The van der Waals surface area contributed by atoms with Gasteiger partial charge in [-0.3, -0.25) is 0 Å². The van der Waals surface area contributed by atoms with Gasteiger partial charge in [0.25, 0.3) is 0 Å². The second-order valence-electron chi connectivity index (χ2n) is 5.37. The van der Waals surface area contributed by atoms with Crippen molar-refractivity contribution in [1.29, 1.82) is 0 Å². The van der Waals surface area contributed by atoms with Gasteiger partial charge in [0, 0.05) is 12.6 Å². The Morgan fingerprint density at radius 2 is 2.06 bits per heavy atom. The molecule has 2 nitrogen and oxygen atoms in total. The van der Waals surface area contributed by atoms with E-state index in [0.717, 1.165) is 18.0 Å². The van der Waals surface area contributed by atoms with Crippen LogP contribution in [0.4, 0.5) is 10.1 Å². The van der Waals surface area contributed by atoms with Gasteiger partial charge in [-0.2, -0.15) is 0 Å². The highest BCUT2D eigenvalue weighted by Gasteiger charge is 2.34. The van der Waals surface area contributed by atoms with Gasteiger partial charge in [-0.1, -0.05) is 6.07 Å². The molecule has 0 aliphatic carbocycles. The third kappa shape index (κ3) is 2.16. The summed E-state index contributed by atoms with van der Waals surface area (Å²) in [6.07, 6.45) is 2.51. The van der Waals surface area contributed by atoms with Crippen molar-refractivity contribution in [2.45, 2.75) is 25.8 Å². The highest BCUT2D eigenvalue weighted by Crippen LogP contribution is 2.30. The van der Waals surface area contributed by atoms with Crippen LogP contribution in [0.3, 0.4) is 0 Å². The number of nitrogens with zero attached hydrogens (tertiary/aromatic N) is 1. The number of fused-ring (bicyclic) bond motifs is 3. The van der Waals surface area contributed by atoms with Gasteiger partial charge >= 0.3 is 0 Å². The van der Waals surface area contributed by atoms with E-state index in [1.807, 2.05) is 19.1 Å². The number of benzene rings is 1. The molecule has 3 heteroatoms. The Morgan fingerprint density at radius 1 is 1.29 bits per heavy atom. The fraction of sp³-hybridized carbons (Fsp3) is 0.571. The lowest BCUT2D eigenvalue weighted by atomic mass is 9.84. The number of aryl methyl sites for hydroxylation is 1. The normalized spacial score (nSPS) is 31.5. The standard InChI is InChI=1S/C14H19FN2/c1-10-2-3-13(12(15)8-10)16-14-9-17-6-4-11(14)5-7-17/h2-3,8,11,14,16H,4-7,9H2,1H3. The zero-order valence-electron chi connectivity index (χ0n) is 10.2. The van der Waals surface area contributed by atoms with Gasteiger partial charge < -0.3 is 10.2 Å². The molecule has 1 unspecified atom stereocenters. The molecular weight excluding hydrogens is 215 g/mol. The molecule has 4 rings (SSSR count). The number of hydrogen-bond acceptors (Lipinski definition) is 2. The molecule has 92 valence electrons. The van der Waals surface area contributed by atoms with E-state index in [0.29, 0.717) is 11.7 Å². The molecule has 3 saturated heterocycles. The second-order valence-corrected chi connectivity index (χ2v) is 5.37. The lowest BCUT2D eigenvalue weighted by molar-refractivity contribution is 0.0974. The minimum atomic E-state index is -0.124. The number of anilines is 1. The average Bonchev–Trinajstić information content (AvgIpc) is 2.34. The van der Waals surface area contributed by atoms with Crippen molar-refractivity contribution >= 4 is 5.69 Å². The SMILES string of the molecule is Cc1ccc(NC2CN3CCC2CC3)c(F)c1. The summed E-state index contributed by atoms with van der Waals surface area (Å²) in [6, 6.07) is 5.85. The molecule has 0 radical (unpaired) electrons. The molecule has 0 aromatic heterocycles. The van der Waals surface area contributed by atoms with E-state index in [1.165, 1.54) is 25.9 Å². The van der Waals surface area contributed by atoms with E-state index >= 15 is 0 Å². The summed E-state index contributed by atoms with van der Waals surface area (Å²) in [5.74, 6) is 0.599. The van der Waals surface area contributed by atoms with E-state index in [4.69, 9.17) is 0 Å². The van der Waals surface area contributed by atoms with Crippen molar-refractivity contribution in [3.63, 3.8) is 0 Å². The van der Waals surface area contributed by atoms with Crippen LogP contribution in [-0.4, -0.2) is 30.6 Å². The zero-order valence-corrected chi connectivity index (χ0v) is 10.2. The Morgan fingerprint density at radius 3 is 2.65 bits per heavy atom. The Bertz CT molecular complexity index is 411. The van der Waals surface area contributed by atoms with Crippen molar-refractivity contribution in [3.05, 3.63) is 29.6 Å². The van der Waals surface area contributed by atoms with Crippen molar-refractivity contribution in [3.8, 4) is 0 Å². The zero-order chi connectivity index (χ0) is 11.8. The summed E-state index contributed by atoms with van der Waals surface area (Å²) in [6.45, 7) is 5.43. The molecule has 1 N–H and O–H groups in total. The van der Waals surface area contributed by atoms with Crippen LogP contribution in [-0.2, 0) is 0 Å². The van der Waals surface area contributed by atoms with E-state index < -0.39 is 0 Å². The first kappa shape index (κ1) is 11.0. The Balaban J connectivity index is 1.74. The average molecular weight is 234 g/mol. The van der Waals surface area contributed by atoms with Crippen LogP contribution in [0.25, 0.3) is 0 Å². The fourth-order valence-electron chi connectivity index (χ4n) is 3.07. The second kappa shape index (κ2) is 4.30. The minimum absolute atomic E-state index is 0.124. The maximum absolute atomic E-state index is 13.8. The summed E-state index contributed by atoms with van der Waals surface area (Å²) < 4.78 is 13.8. The van der Waals surface area contributed by atoms with Crippen LogP contribution < -0.4 is 5.32 Å². The minimum Gasteiger partial charge on any atom is -0.378 e. The summed E-state index contributed by atoms with van der Waals surface area (Å²) in [5, 5.41) is 3.39. The third-order valence-corrected chi connectivity index (χ3v) is 4.12. The van der Waals surface area contributed by atoms with Crippen molar-refractivity contribution in [2.75, 3.05) is 25.0 Å². The first-order valence-corrected chi connectivity index (χ1v) is 6.47. The third-order valence-electron chi connectivity index (χ3n) is 4.12. The molecule has 3 fully saturated rings. The number of piperidine rings is 3. The van der Waals surface area contributed by atoms with E-state index in [1.54, 1.807) is 6.07 Å². The van der Waals surface area contributed by atoms with Gasteiger partial charge in [-0.25, -0.2) is 4.39 Å². The van der Waals surface area contributed by atoms with Crippen molar-refractivity contribution in [1.82, 2.24) is 4.90 Å². The smallest absolute Gasteiger partial charge is 0.146 e. The largest absolute Gasteiger partial charge is 0.378 e. The lowest BCUT2D eigenvalue weighted by Gasteiger charge is -2.45. The van der Waals surface area contributed by atoms with Gasteiger partial charge in [0.1, 0.15) is 5.82 Å². The molecule has 1 aromatic rings. The van der Waals surface area contributed by atoms with Crippen molar-refractivity contribution < 1.29 is 4.39 Å². The highest BCUT2D eigenvalue weighted by molar-refractivity contribution is 5.47. The molecule has 0 spiro atoms. The molecule has 1 atom stereocenters. The molecular formula is C14H19FN2. The maximum atomic E-state index is 13.8. The molecule has 1 aromatic carbocycles. The van der Waals surface area contributed by atoms with Gasteiger partial charge in [-0.15, -0.1) is 0 Å². The van der Waals surface area contributed by atoms with Crippen LogP contribution >= 0.6 is 0 Å². The Hall–Kier alpha value is -1.09. The topological polar surface area (TPSA) is 15.3 Å². The molecule has 17 heavy (non-hydrogen) atoms. The lowest BCUT2D eigenvalue weighted by Crippen LogP contribution is -2.53. The molecule has 0 amide bonds. The monoisotopic (exact) mass is 234 g/mol. The molecule has 2 bridgehead atoms. The first-order valence-electron chi connectivity index (χ1n) is 6.47. The molecule has 0 saturated carbocycles. The first-order chi connectivity index (χ1) is 8.22. The van der Waals surface area contributed by atoms with Gasteiger partial charge in [0.05, 0.1) is 5.69 Å². The van der Waals surface area contributed by atoms with Gasteiger partial charge in [0.2, 0.25) is 0 Å². The molecule has 3 heterocycles. The Kier molecular flexibility index (Phi) is 2.79. The highest BCUT2D eigenvalue weighted by atomic mass is 19.1. The van der Waals surface area contributed by atoms with Gasteiger partial charge in [0.15, 0.2) is 0 Å². The summed E-state index contributed by atoms with van der Waals surface area (Å²) in [7, 11) is 0. The number of nitrogens with one attached hydrogen (secondary N) is 1. The predicted octanol–water partition coefficient (Wildman–Crippen LogP) is 2.64.